The van der Waals surface area contributed by atoms with Crippen molar-refractivity contribution >= 4 is 28.0 Å². The predicted molar refractivity (Wildman–Crippen MR) is 136 cm³/mol. The van der Waals surface area contributed by atoms with Gasteiger partial charge < -0.3 is 13.7 Å². The van der Waals surface area contributed by atoms with E-state index in [0.717, 1.165) is 13.1 Å². The molecule has 0 fully saturated rings. The van der Waals surface area contributed by atoms with Gasteiger partial charge >= 0.3 is 0 Å². The van der Waals surface area contributed by atoms with E-state index in [9.17, 15) is 0 Å². The first-order chi connectivity index (χ1) is 13.2. The van der Waals surface area contributed by atoms with Crippen LogP contribution in [0.4, 0.5) is 0 Å². The van der Waals surface area contributed by atoms with Crippen LogP contribution in [0.5, 0.6) is 0 Å². The molecule has 0 atom stereocenters. The van der Waals surface area contributed by atoms with Crippen molar-refractivity contribution in [3.05, 3.63) is 30.3 Å². The van der Waals surface area contributed by atoms with Crippen molar-refractivity contribution in [3.8, 4) is 0 Å². The lowest BCUT2D eigenvalue weighted by Crippen LogP contribution is -2.93. The fourth-order valence-electron chi connectivity index (χ4n) is 6.27. The minimum atomic E-state index is -2.00. The molecule has 0 radical (unpaired) electrons. The fourth-order valence-corrected chi connectivity index (χ4v) is 54.0. The van der Waals surface area contributed by atoms with Crippen molar-refractivity contribution in [1.82, 2.24) is 13.7 Å². The summed E-state index contributed by atoms with van der Waals surface area (Å²) in [5.74, 6) is 0. The van der Waals surface area contributed by atoms with Crippen LogP contribution in [-0.4, -0.2) is 75.7 Å². The summed E-state index contributed by atoms with van der Waals surface area (Å²) in [4.78, 5) is 0. The van der Waals surface area contributed by atoms with E-state index < -0.39 is 22.8 Å². The molecular formula is C22H47N3Si3. The maximum Gasteiger partial charge on any atom is 0.173 e. The van der Waals surface area contributed by atoms with Gasteiger partial charge in [0, 0.05) is 0 Å². The Morgan fingerprint density at radius 2 is 0.857 bits per heavy atom. The highest BCUT2D eigenvalue weighted by Gasteiger charge is 2.66. The van der Waals surface area contributed by atoms with Gasteiger partial charge in [0.2, 0.25) is 0 Å². The molecule has 0 aromatic heterocycles. The minimum Gasteiger partial charge on any atom is -0.325 e. The third kappa shape index (κ3) is 4.14. The summed E-state index contributed by atoms with van der Waals surface area (Å²) in [5.41, 5.74) is 0. The molecule has 3 nitrogen and oxygen atoms in total. The van der Waals surface area contributed by atoms with Gasteiger partial charge in [-0.3, -0.25) is 0 Å². The third-order valence-electron chi connectivity index (χ3n) is 7.31. The standard InChI is InChI=1S/C22H47N3Si3/c1-11-23(12-2)26(7,8)28(25(15-5)16-6,22-20-18-17-19-21-22)27(9,10)24(13-3)14-4/h17-21H,11-16H2,1-10H3. The van der Waals surface area contributed by atoms with Gasteiger partial charge in [0.1, 0.15) is 15.5 Å². The number of benzene rings is 1. The average Bonchev–Trinajstić information content (AvgIpc) is 2.67. The second-order valence-corrected chi connectivity index (χ2v) is 32.0. The fraction of sp³-hybridized carbons (Fsp3) is 0.727. The topological polar surface area (TPSA) is 9.72 Å². The Labute approximate surface area is 179 Å². The summed E-state index contributed by atoms with van der Waals surface area (Å²) in [6.07, 6.45) is 0. The molecule has 0 saturated heterocycles. The second kappa shape index (κ2) is 10.7. The SMILES string of the molecule is CCN(CC)[Si](C)(C)[Si](c1ccccc1)(N(CC)CC)[Si](C)(C)N(CC)CC. The molecule has 28 heavy (non-hydrogen) atoms. The highest BCUT2D eigenvalue weighted by molar-refractivity contribution is 7.71. The third-order valence-corrected chi connectivity index (χ3v) is 45.2. The Bertz CT molecular complexity index is 542. The second-order valence-electron chi connectivity index (χ2n) is 8.71. The molecule has 1 aromatic carbocycles. The summed E-state index contributed by atoms with van der Waals surface area (Å²) < 4.78 is 8.77. The highest BCUT2D eigenvalue weighted by atomic mass is 29.7. The smallest absolute Gasteiger partial charge is 0.173 e. The molecule has 0 aliphatic rings. The van der Waals surface area contributed by atoms with E-state index in [1.807, 2.05) is 0 Å². The van der Waals surface area contributed by atoms with E-state index >= 15 is 0 Å². The molecule has 0 heterocycles. The van der Waals surface area contributed by atoms with Gasteiger partial charge in [-0.1, -0.05) is 98.1 Å². The Hall–Kier alpha value is -0.249. The lowest BCUT2D eigenvalue weighted by Gasteiger charge is -2.62. The zero-order valence-electron chi connectivity index (χ0n) is 20.5. The van der Waals surface area contributed by atoms with Crippen molar-refractivity contribution in [2.45, 2.75) is 67.7 Å². The first-order valence-electron chi connectivity index (χ1n) is 11.5. The summed E-state index contributed by atoms with van der Waals surface area (Å²) in [6, 6.07) is 11.8. The van der Waals surface area contributed by atoms with Gasteiger partial charge in [0.15, 0.2) is 7.27 Å². The van der Waals surface area contributed by atoms with Gasteiger partial charge in [-0.05, 0) is 44.5 Å². The van der Waals surface area contributed by atoms with Crippen molar-refractivity contribution in [1.29, 1.82) is 0 Å². The van der Waals surface area contributed by atoms with Crippen LogP contribution in [0.15, 0.2) is 30.3 Å². The number of rotatable bonds is 12. The van der Waals surface area contributed by atoms with Crippen LogP contribution in [-0.2, 0) is 0 Å². The van der Waals surface area contributed by atoms with Gasteiger partial charge in [-0.2, -0.15) is 0 Å². The zero-order valence-corrected chi connectivity index (χ0v) is 23.5. The molecule has 0 amide bonds. The van der Waals surface area contributed by atoms with Crippen LogP contribution in [0, 0.1) is 0 Å². The Kier molecular flexibility index (Phi) is 9.84. The zero-order chi connectivity index (χ0) is 21.6. The molecule has 0 unspecified atom stereocenters. The van der Waals surface area contributed by atoms with E-state index in [1.54, 1.807) is 5.19 Å². The largest absolute Gasteiger partial charge is 0.325 e. The minimum absolute atomic E-state index is 1.16. The Morgan fingerprint density at radius 3 is 1.14 bits per heavy atom. The number of hydrogen-bond donors (Lipinski definition) is 0. The molecule has 0 aliphatic carbocycles. The van der Waals surface area contributed by atoms with Crippen molar-refractivity contribution in [2.24, 2.45) is 0 Å². The molecule has 0 spiro atoms. The van der Waals surface area contributed by atoms with Gasteiger partial charge in [-0.25, -0.2) is 0 Å². The van der Waals surface area contributed by atoms with Crippen molar-refractivity contribution in [3.63, 3.8) is 0 Å². The molecule has 0 aliphatic heterocycles. The summed E-state index contributed by atoms with van der Waals surface area (Å²) in [5, 5.41) is 1.69. The highest BCUT2D eigenvalue weighted by Crippen LogP contribution is 2.36. The first kappa shape index (κ1) is 25.8. The lowest BCUT2D eigenvalue weighted by atomic mass is 10.4. The maximum absolute atomic E-state index is 2.98. The van der Waals surface area contributed by atoms with Crippen LogP contribution in [0.2, 0.25) is 26.2 Å². The van der Waals surface area contributed by atoms with E-state index in [0.29, 0.717) is 0 Å². The predicted octanol–water partition coefficient (Wildman–Crippen LogP) is 4.43. The van der Waals surface area contributed by atoms with E-state index in [-0.39, 0.29) is 0 Å². The Morgan fingerprint density at radius 1 is 0.536 bits per heavy atom. The number of hydrogen-bond acceptors (Lipinski definition) is 3. The van der Waals surface area contributed by atoms with Crippen LogP contribution < -0.4 is 5.19 Å². The van der Waals surface area contributed by atoms with Crippen LogP contribution in [0.3, 0.4) is 0 Å². The average molecular weight is 438 g/mol. The van der Waals surface area contributed by atoms with Crippen molar-refractivity contribution in [2.75, 3.05) is 39.3 Å². The van der Waals surface area contributed by atoms with Crippen LogP contribution in [0.1, 0.15) is 41.5 Å². The number of nitrogens with zero attached hydrogens (tertiary/aromatic N) is 3. The lowest BCUT2D eigenvalue weighted by molar-refractivity contribution is 0.440. The summed E-state index contributed by atoms with van der Waals surface area (Å²) >= 11 is 0. The van der Waals surface area contributed by atoms with Crippen LogP contribution >= 0.6 is 0 Å². The Balaban J connectivity index is 4.05. The normalized spacial score (nSPS) is 13.8. The van der Waals surface area contributed by atoms with Gasteiger partial charge in [-0.15, -0.1) is 0 Å². The van der Waals surface area contributed by atoms with E-state index in [1.165, 1.54) is 26.2 Å². The summed E-state index contributed by atoms with van der Waals surface area (Å²) in [7, 11) is -5.55. The molecule has 0 saturated carbocycles. The monoisotopic (exact) mass is 437 g/mol. The van der Waals surface area contributed by atoms with Crippen LogP contribution in [0.25, 0.3) is 0 Å². The van der Waals surface area contributed by atoms with Crippen molar-refractivity contribution < 1.29 is 0 Å². The van der Waals surface area contributed by atoms with Gasteiger partial charge in [0.05, 0.1) is 0 Å². The van der Waals surface area contributed by atoms with E-state index in [2.05, 4.69) is 112 Å². The van der Waals surface area contributed by atoms with E-state index in [4.69, 9.17) is 0 Å². The first-order valence-corrected chi connectivity index (χ1v) is 21.3. The molecular weight excluding hydrogens is 391 g/mol. The molecule has 6 heteroatoms. The summed E-state index contributed by atoms with van der Waals surface area (Å²) in [6.45, 7) is 32.1. The molecule has 162 valence electrons. The van der Waals surface area contributed by atoms with Gasteiger partial charge in [0.25, 0.3) is 0 Å². The quantitative estimate of drug-likeness (QED) is 0.448. The molecule has 1 rings (SSSR count). The molecule has 0 N–H and O–H groups in total. The molecule has 0 bridgehead atoms. The maximum atomic E-state index is 2.98. The molecule has 1 aromatic rings.